The molecule has 4 rings (SSSR count). The maximum absolute atomic E-state index is 14.2. The third-order valence-electron chi connectivity index (χ3n) is 5.01. The Bertz CT molecular complexity index is 1090. The molecule has 1 aromatic carbocycles. The average Bonchev–Trinajstić information content (AvgIpc) is 3.33. The Labute approximate surface area is 178 Å². The molecule has 30 heavy (non-hydrogen) atoms. The van der Waals surface area contributed by atoms with Gasteiger partial charge >= 0.3 is 0 Å². The van der Waals surface area contributed by atoms with Gasteiger partial charge < -0.3 is 15.0 Å². The van der Waals surface area contributed by atoms with Crippen molar-refractivity contribution in [2.45, 2.75) is 26.3 Å². The van der Waals surface area contributed by atoms with Crippen molar-refractivity contribution < 1.29 is 13.9 Å². The Balaban J connectivity index is 1.44. The van der Waals surface area contributed by atoms with Gasteiger partial charge in [0.05, 0.1) is 33.9 Å². The molecule has 0 saturated carbocycles. The monoisotopic (exact) mass is 427 g/mol. The zero-order valence-electron chi connectivity index (χ0n) is 17.0. The second kappa shape index (κ2) is 8.35. The molecular weight excluding hydrogens is 405 g/mol. The van der Waals surface area contributed by atoms with Crippen LogP contribution < -0.4 is 15.0 Å². The van der Waals surface area contributed by atoms with Gasteiger partial charge in [-0.2, -0.15) is 0 Å². The van der Waals surface area contributed by atoms with Crippen molar-refractivity contribution in [3.63, 3.8) is 0 Å². The van der Waals surface area contributed by atoms with Crippen LogP contribution >= 0.6 is 11.3 Å². The fourth-order valence-electron chi connectivity index (χ4n) is 3.53. The normalized spacial score (nSPS) is 16.0. The number of ether oxygens (including phenoxy) is 1. The fraction of sp³-hybridized carbons (Fsp3) is 0.333. The van der Waals surface area contributed by atoms with Crippen LogP contribution in [0.1, 0.15) is 27.5 Å². The summed E-state index contributed by atoms with van der Waals surface area (Å²) in [4.78, 5) is 29.1. The molecule has 1 fully saturated rings. The van der Waals surface area contributed by atoms with E-state index in [0.717, 1.165) is 27.7 Å². The van der Waals surface area contributed by atoms with E-state index in [0.29, 0.717) is 24.8 Å². The van der Waals surface area contributed by atoms with Gasteiger partial charge in [-0.05, 0) is 38.5 Å². The van der Waals surface area contributed by atoms with E-state index in [-0.39, 0.29) is 11.6 Å². The number of methoxy groups -OCH3 is 1. The quantitative estimate of drug-likeness (QED) is 0.673. The van der Waals surface area contributed by atoms with Crippen LogP contribution in [0.4, 0.5) is 10.3 Å². The molecule has 1 aliphatic heterocycles. The van der Waals surface area contributed by atoms with Gasteiger partial charge in [0.2, 0.25) is 5.95 Å². The summed E-state index contributed by atoms with van der Waals surface area (Å²) in [5.41, 5.74) is 1.80. The smallest absolute Gasteiger partial charge is 0.254 e. The van der Waals surface area contributed by atoms with Crippen LogP contribution in [-0.4, -0.2) is 47.1 Å². The largest absolute Gasteiger partial charge is 0.497 e. The molecule has 1 N–H and O–H groups in total. The number of rotatable bonds is 5. The number of aryl methyl sites for hydroxylation is 2. The van der Waals surface area contributed by atoms with Crippen molar-refractivity contribution in [2.24, 2.45) is 0 Å². The molecule has 0 radical (unpaired) electrons. The number of amides is 1. The zero-order chi connectivity index (χ0) is 21.3. The maximum atomic E-state index is 14.2. The SMILES string of the molecule is COc1ccc(C(=O)NC2CCN(c3nccc(-c4sc(C)nc4C)n3)C2)c(F)c1. The van der Waals surface area contributed by atoms with Crippen molar-refractivity contribution in [3.05, 3.63) is 52.5 Å². The average molecular weight is 428 g/mol. The lowest BCUT2D eigenvalue weighted by Gasteiger charge is -2.17. The van der Waals surface area contributed by atoms with Gasteiger partial charge in [0.15, 0.2) is 0 Å². The fourth-order valence-corrected chi connectivity index (χ4v) is 4.42. The van der Waals surface area contributed by atoms with Gasteiger partial charge in [-0.15, -0.1) is 11.3 Å². The summed E-state index contributed by atoms with van der Waals surface area (Å²) in [6.45, 7) is 5.22. The van der Waals surface area contributed by atoms with E-state index in [9.17, 15) is 9.18 Å². The standard InChI is InChI=1S/C21H22FN5O2S/c1-12-19(30-13(2)24-12)18-6-8-23-21(26-18)27-9-7-14(11-27)25-20(28)16-5-4-15(29-3)10-17(16)22/h4-6,8,10,14H,7,9,11H2,1-3H3,(H,25,28). The molecule has 9 heteroatoms. The molecule has 1 saturated heterocycles. The van der Waals surface area contributed by atoms with Crippen molar-refractivity contribution >= 4 is 23.2 Å². The lowest BCUT2D eigenvalue weighted by Crippen LogP contribution is -2.37. The topological polar surface area (TPSA) is 80.2 Å². The van der Waals surface area contributed by atoms with Gasteiger partial charge in [0.25, 0.3) is 5.91 Å². The van der Waals surface area contributed by atoms with E-state index in [1.807, 2.05) is 24.8 Å². The summed E-state index contributed by atoms with van der Waals surface area (Å²) in [6, 6.07) is 5.98. The van der Waals surface area contributed by atoms with E-state index < -0.39 is 11.7 Å². The molecule has 0 spiro atoms. The highest BCUT2D eigenvalue weighted by molar-refractivity contribution is 7.15. The predicted molar refractivity (Wildman–Crippen MR) is 114 cm³/mol. The van der Waals surface area contributed by atoms with Crippen LogP contribution in [-0.2, 0) is 0 Å². The molecular formula is C21H22FN5O2S. The maximum Gasteiger partial charge on any atom is 0.254 e. The van der Waals surface area contributed by atoms with Gasteiger partial charge in [-0.3, -0.25) is 4.79 Å². The zero-order valence-corrected chi connectivity index (χ0v) is 17.8. The summed E-state index contributed by atoms with van der Waals surface area (Å²) >= 11 is 1.61. The summed E-state index contributed by atoms with van der Waals surface area (Å²) in [6.07, 6.45) is 2.47. The molecule has 3 heterocycles. The van der Waals surface area contributed by atoms with Crippen molar-refractivity contribution in [1.29, 1.82) is 0 Å². The second-order valence-electron chi connectivity index (χ2n) is 7.14. The first-order chi connectivity index (χ1) is 14.4. The van der Waals surface area contributed by atoms with E-state index in [2.05, 4.69) is 15.3 Å². The number of anilines is 1. The van der Waals surface area contributed by atoms with Crippen LogP contribution in [0, 0.1) is 19.7 Å². The summed E-state index contributed by atoms with van der Waals surface area (Å²) in [5, 5.41) is 3.90. The summed E-state index contributed by atoms with van der Waals surface area (Å²) in [5.74, 6) is -0.0507. The van der Waals surface area contributed by atoms with Crippen molar-refractivity contribution in [3.8, 4) is 16.3 Å². The third-order valence-corrected chi connectivity index (χ3v) is 6.10. The first-order valence-electron chi connectivity index (χ1n) is 9.61. The lowest BCUT2D eigenvalue weighted by atomic mass is 10.1. The Morgan fingerprint density at radius 1 is 1.30 bits per heavy atom. The Morgan fingerprint density at radius 2 is 2.13 bits per heavy atom. The minimum Gasteiger partial charge on any atom is -0.497 e. The molecule has 1 unspecified atom stereocenters. The number of hydrogen-bond acceptors (Lipinski definition) is 7. The van der Waals surface area contributed by atoms with Gasteiger partial charge in [-0.1, -0.05) is 0 Å². The van der Waals surface area contributed by atoms with Gasteiger partial charge in [-0.25, -0.2) is 19.3 Å². The molecule has 2 aromatic heterocycles. The Morgan fingerprint density at radius 3 is 2.83 bits per heavy atom. The summed E-state index contributed by atoms with van der Waals surface area (Å²) in [7, 11) is 1.45. The molecule has 1 atom stereocenters. The molecule has 3 aromatic rings. The van der Waals surface area contributed by atoms with E-state index in [1.54, 1.807) is 23.6 Å². The van der Waals surface area contributed by atoms with Crippen LogP contribution in [0.3, 0.4) is 0 Å². The number of aromatic nitrogens is 3. The molecule has 7 nitrogen and oxygen atoms in total. The highest BCUT2D eigenvalue weighted by Gasteiger charge is 2.27. The number of carbonyl (C=O) groups is 1. The third kappa shape index (κ3) is 4.11. The van der Waals surface area contributed by atoms with Crippen LogP contribution in [0.5, 0.6) is 5.75 Å². The van der Waals surface area contributed by atoms with Crippen LogP contribution in [0.25, 0.3) is 10.6 Å². The molecule has 0 aliphatic carbocycles. The summed E-state index contributed by atoms with van der Waals surface area (Å²) < 4.78 is 19.1. The van der Waals surface area contributed by atoms with Crippen molar-refractivity contribution in [2.75, 3.05) is 25.1 Å². The minimum atomic E-state index is -0.604. The molecule has 156 valence electrons. The van der Waals surface area contributed by atoms with Gasteiger partial charge in [0, 0.05) is 31.4 Å². The Kier molecular flexibility index (Phi) is 5.63. The number of carbonyl (C=O) groups excluding carboxylic acids is 1. The van der Waals surface area contributed by atoms with E-state index in [4.69, 9.17) is 9.72 Å². The number of nitrogens with one attached hydrogen (secondary N) is 1. The van der Waals surface area contributed by atoms with Crippen LogP contribution in [0.15, 0.2) is 30.5 Å². The molecule has 1 aliphatic rings. The van der Waals surface area contributed by atoms with Crippen LogP contribution in [0.2, 0.25) is 0 Å². The number of thiazole rings is 1. The second-order valence-corrected chi connectivity index (χ2v) is 8.34. The number of hydrogen-bond donors (Lipinski definition) is 1. The van der Waals surface area contributed by atoms with Crippen molar-refractivity contribution in [1.82, 2.24) is 20.3 Å². The molecule has 0 bridgehead atoms. The lowest BCUT2D eigenvalue weighted by molar-refractivity contribution is 0.0936. The minimum absolute atomic E-state index is 0.00328. The first-order valence-corrected chi connectivity index (χ1v) is 10.4. The Hall–Kier alpha value is -3.07. The van der Waals surface area contributed by atoms with E-state index in [1.165, 1.54) is 19.2 Å². The number of halogens is 1. The van der Waals surface area contributed by atoms with Gasteiger partial charge in [0.1, 0.15) is 11.6 Å². The highest BCUT2D eigenvalue weighted by Crippen LogP contribution is 2.29. The van der Waals surface area contributed by atoms with E-state index >= 15 is 0 Å². The predicted octanol–water partition coefficient (Wildman–Crippen LogP) is 3.37. The number of nitrogens with zero attached hydrogens (tertiary/aromatic N) is 4. The highest BCUT2D eigenvalue weighted by atomic mass is 32.1. The molecule has 1 amide bonds. The number of benzene rings is 1. The first kappa shape index (κ1) is 20.2.